The van der Waals surface area contributed by atoms with Crippen molar-refractivity contribution >= 4 is 29.2 Å². The molecule has 3 aliphatic heterocycles. The van der Waals surface area contributed by atoms with E-state index in [1.54, 1.807) is 30.3 Å². The fraction of sp³-hybridized carbons (Fsp3) is 0.139. The van der Waals surface area contributed by atoms with Gasteiger partial charge >= 0.3 is 0 Å². The zero-order valence-corrected chi connectivity index (χ0v) is 23.1. The van der Waals surface area contributed by atoms with Crippen LogP contribution in [0.4, 0.5) is 10.1 Å². The number of amides is 1. The molecule has 43 heavy (non-hydrogen) atoms. The first-order chi connectivity index (χ1) is 21.0. The number of halogens is 1. The highest BCUT2D eigenvalue weighted by molar-refractivity contribution is 6.17. The van der Waals surface area contributed by atoms with Crippen LogP contribution in [0.1, 0.15) is 43.4 Å². The Kier molecular flexibility index (Phi) is 6.31. The van der Waals surface area contributed by atoms with Gasteiger partial charge in [-0.15, -0.1) is 0 Å². The molecule has 212 valence electrons. The number of ketones is 2. The van der Waals surface area contributed by atoms with E-state index < -0.39 is 35.0 Å². The van der Waals surface area contributed by atoms with Crippen molar-refractivity contribution in [2.75, 3.05) is 11.9 Å². The second kappa shape index (κ2) is 10.2. The molecule has 6 nitrogen and oxygen atoms in total. The number of hydrogen-bond donors (Lipinski definition) is 1. The number of para-hydroxylation sites is 2. The normalized spacial score (nSPS) is 22.9. The van der Waals surface area contributed by atoms with Crippen molar-refractivity contribution in [1.29, 1.82) is 0 Å². The highest BCUT2D eigenvalue weighted by Gasteiger charge is 2.70. The molecule has 0 unspecified atom stereocenters. The molecule has 1 amide bonds. The van der Waals surface area contributed by atoms with E-state index >= 15 is 4.79 Å². The monoisotopic (exact) mass is 570 g/mol. The fourth-order valence-electron chi connectivity index (χ4n) is 7.06. The molecular weight excluding hydrogens is 543 g/mol. The van der Waals surface area contributed by atoms with Crippen LogP contribution in [-0.4, -0.2) is 35.0 Å². The third-order valence-corrected chi connectivity index (χ3v) is 8.76. The Labute approximate surface area is 248 Å². The maximum absolute atomic E-state index is 15.1. The Bertz CT molecular complexity index is 1830. The standard InChI is InChI=1S/C36H27FN2O4/c1-2-21-43-29-14-8-5-11-26(29)33(41)30-31(32(40)23-15-17-24(37)18-16-23)39-20-19-22-9-3-4-10-25(22)34(39)36(30)27-12-6-7-13-28(27)38-35(36)42/h2-20,30-31,34H,1,21H2,(H,38,42)/t30-,31+,34-,36+/m0/s1. The largest absolute Gasteiger partial charge is 0.489 e. The van der Waals surface area contributed by atoms with Gasteiger partial charge in [0, 0.05) is 17.5 Å². The van der Waals surface area contributed by atoms with Crippen molar-refractivity contribution in [2.45, 2.75) is 17.5 Å². The number of ether oxygens (including phenoxy) is 1. The first-order valence-corrected chi connectivity index (χ1v) is 14.1. The van der Waals surface area contributed by atoms with Gasteiger partial charge in [0.2, 0.25) is 5.91 Å². The van der Waals surface area contributed by atoms with E-state index in [1.807, 2.05) is 65.7 Å². The molecule has 3 aliphatic rings. The van der Waals surface area contributed by atoms with Crippen LogP contribution in [0.15, 0.2) is 116 Å². The summed E-state index contributed by atoms with van der Waals surface area (Å²) >= 11 is 0. The van der Waals surface area contributed by atoms with Gasteiger partial charge in [-0.3, -0.25) is 14.4 Å². The number of hydrogen-bond acceptors (Lipinski definition) is 5. The molecule has 4 atom stereocenters. The predicted molar refractivity (Wildman–Crippen MR) is 161 cm³/mol. The maximum atomic E-state index is 15.1. The number of Topliss-reactive ketones (excluding diaryl/α,β-unsaturated/α-hetero) is 2. The smallest absolute Gasteiger partial charge is 0.238 e. The van der Waals surface area contributed by atoms with Crippen molar-refractivity contribution in [3.63, 3.8) is 0 Å². The highest BCUT2D eigenvalue weighted by atomic mass is 19.1. The van der Waals surface area contributed by atoms with Crippen LogP contribution >= 0.6 is 0 Å². The molecule has 0 saturated carbocycles. The lowest BCUT2D eigenvalue weighted by Crippen LogP contribution is -2.49. The minimum absolute atomic E-state index is 0.173. The summed E-state index contributed by atoms with van der Waals surface area (Å²) in [6.07, 6.45) is 5.29. The average Bonchev–Trinajstić information content (AvgIpc) is 3.52. The van der Waals surface area contributed by atoms with Crippen molar-refractivity contribution in [3.8, 4) is 5.75 Å². The summed E-state index contributed by atoms with van der Waals surface area (Å²) in [5.41, 5.74) is 2.02. The molecule has 4 aromatic rings. The lowest BCUT2D eigenvalue weighted by Gasteiger charge is -2.38. The maximum Gasteiger partial charge on any atom is 0.238 e. The second-order valence-corrected chi connectivity index (χ2v) is 10.9. The summed E-state index contributed by atoms with van der Waals surface area (Å²) in [5, 5.41) is 3.04. The van der Waals surface area contributed by atoms with E-state index in [1.165, 1.54) is 24.3 Å². The van der Waals surface area contributed by atoms with Gasteiger partial charge in [-0.1, -0.05) is 67.3 Å². The van der Waals surface area contributed by atoms with Crippen LogP contribution < -0.4 is 10.1 Å². The molecule has 0 radical (unpaired) electrons. The summed E-state index contributed by atoms with van der Waals surface area (Å²) in [6.45, 7) is 3.89. The number of carbonyl (C=O) groups excluding carboxylic acids is 3. The molecule has 4 aromatic carbocycles. The molecule has 0 bridgehead atoms. The minimum Gasteiger partial charge on any atom is -0.489 e. The zero-order chi connectivity index (χ0) is 29.7. The van der Waals surface area contributed by atoms with Crippen LogP contribution in [0.5, 0.6) is 5.75 Å². The molecule has 0 aromatic heterocycles. The highest BCUT2D eigenvalue weighted by Crippen LogP contribution is 2.62. The van der Waals surface area contributed by atoms with Gasteiger partial charge in [0.05, 0.1) is 17.5 Å². The van der Waals surface area contributed by atoms with Gasteiger partial charge in [0.25, 0.3) is 0 Å². The predicted octanol–water partition coefficient (Wildman–Crippen LogP) is 6.37. The number of carbonyl (C=O) groups is 3. The van der Waals surface area contributed by atoms with Crippen molar-refractivity contribution in [3.05, 3.63) is 150 Å². The number of nitrogens with zero attached hydrogens (tertiary/aromatic N) is 1. The van der Waals surface area contributed by atoms with Crippen molar-refractivity contribution in [2.24, 2.45) is 5.92 Å². The molecule has 1 fully saturated rings. The van der Waals surface area contributed by atoms with Gasteiger partial charge in [0.15, 0.2) is 11.6 Å². The fourth-order valence-corrected chi connectivity index (χ4v) is 7.06. The van der Waals surface area contributed by atoms with Gasteiger partial charge in [-0.2, -0.15) is 0 Å². The molecule has 1 saturated heterocycles. The summed E-state index contributed by atoms with van der Waals surface area (Å²) in [6, 6.07) is 25.4. The number of anilines is 1. The minimum atomic E-state index is -1.47. The Morgan fingerprint density at radius 2 is 1.65 bits per heavy atom. The molecule has 1 N–H and O–H groups in total. The van der Waals surface area contributed by atoms with E-state index in [2.05, 4.69) is 11.9 Å². The molecule has 7 rings (SSSR count). The average molecular weight is 571 g/mol. The van der Waals surface area contributed by atoms with Crippen LogP contribution in [0.3, 0.4) is 0 Å². The first kappa shape index (κ1) is 26.6. The lowest BCUT2D eigenvalue weighted by atomic mass is 9.62. The van der Waals surface area contributed by atoms with E-state index in [4.69, 9.17) is 4.74 Å². The van der Waals surface area contributed by atoms with Gasteiger partial charge in [0.1, 0.15) is 29.6 Å². The van der Waals surface area contributed by atoms with Crippen LogP contribution in [-0.2, 0) is 10.2 Å². The van der Waals surface area contributed by atoms with Crippen molar-refractivity contribution < 1.29 is 23.5 Å². The quantitative estimate of drug-likeness (QED) is 0.206. The summed E-state index contributed by atoms with van der Waals surface area (Å²) in [4.78, 5) is 46.0. The van der Waals surface area contributed by atoms with E-state index in [9.17, 15) is 14.0 Å². The molecule has 1 spiro atoms. The Morgan fingerprint density at radius 1 is 0.930 bits per heavy atom. The zero-order valence-electron chi connectivity index (χ0n) is 23.1. The van der Waals surface area contributed by atoms with Crippen LogP contribution in [0, 0.1) is 11.7 Å². The number of fused-ring (bicyclic) bond motifs is 6. The number of benzene rings is 4. The van der Waals surface area contributed by atoms with Crippen molar-refractivity contribution in [1.82, 2.24) is 4.90 Å². The summed E-state index contributed by atoms with van der Waals surface area (Å²) < 4.78 is 19.8. The third-order valence-electron chi connectivity index (χ3n) is 8.76. The summed E-state index contributed by atoms with van der Waals surface area (Å²) in [5.74, 6) is -2.44. The molecule has 3 heterocycles. The molecular formula is C36H27FN2O4. The third kappa shape index (κ3) is 3.88. The Morgan fingerprint density at radius 3 is 2.47 bits per heavy atom. The first-order valence-electron chi connectivity index (χ1n) is 14.1. The van der Waals surface area contributed by atoms with Gasteiger partial charge < -0.3 is 15.0 Å². The van der Waals surface area contributed by atoms with E-state index in [0.717, 1.165) is 11.1 Å². The van der Waals surface area contributed by atoms with E-state index in [-0.39, 0.29) is 29.4 Å². The second-order valence-electron chi connectivity index (χ2n) is 10.9. The number of rotatable bonds is 7. The Balaban J connectivity index is 1.52. The SMILES string of the molecule is C=CCOc1ccccc1C(=O)[C@@H]1[C@H](C(=O)c2ccc(F)cc2)N2C=Cc3ccccc3[C@H]2[C@]12C(=O)Nc1ccccc12. The Hall–Kier alpha value is -5.30. The van der Waals surface area contributed by atoms with Crippen LogP contribution in [0.25, 0.3) is 6.08 Å². The molecule has 0 aliphatic carbocycles. The summed E-state index contributed by atoms with van der Waals surface area (Å²) in [7, 11) is 0. The van der Waals surface area contributed by atoms with Gasteiger partial charge in [-0.05, 0) is 65.2 Å². The van der Waals surface area contributed by atoms with E-state index in [0.29, 0.717) is 17.0 Å². The number of nitrogens with one attached hydrogen (secondary N) is 1. The van der Waals surface area contributed by atoms with Crippen LogP contribution in [0.2, 0.25) is 0 Å². The topological polar surface area (TPSA) is 75.7 Å². The lowest BCUT2D eigenvalue weighted by molar-refractivity contribution is -0.122. The van der Waals surface area contributed by atoms with Gasteiger partial charge in [-0.25, -0.2) is 4.39 Å². The molecule has 7 heteroatoms.